The normalized spacial score (nSPS) is 17.7. The smallest absolute Gasteiger partial charge is 0.241 e. The molecule has 1 fully saturated rings. The van der Waals surface area contributed by atoms with Gasteiger partial charge in [-0.05, 0) is 36.6 Å². The Bertz CT molecular complexity index is 430. The van der Waals surface area contributed by atoms with Gasteiger partial charge in [-0.2, -0.15) is 0 Å². The van der Waals surface area contributed by atoms with E-state index in [0.29, 0.717) is 12.5 Å². The maximum atomic E-state index is 11.7. The van der Waals surface area contributed by atoms with Crippen LogP contribution in [0.1, 0.15) is 24.8 Å². The first kappa shape index (κ1) is 13.9. The predicted molar refractivity (Wildman–Crippen MR) is 78.4 cm³/mol. The molecule has 1 amide bonds. The molecule has 2 N–H and O–H groups in total. The molecule has 0 saturated carbocycles. The molecular formula is C15H23N3O. The Kier molecular flexibility index (Phi) is 4.43. The monoisotopic (exact) mass is 261 g/mol. The van der Waals surface area contributed by atoms with Crippen molar-refractivity contribution in [1.29, 1.82) is 0 Å². The fraction of sp³-hybridized carbons (Fsp3) is 0.533. The summed E-state index contributed by atoms with van der Waals surface area (Å²) in [7, 11) is 1.86. The molecule has 4 nitrogen and oxygen atoms in total. The third-order valence-corrected chi connectivity index (χ3v) is 3.88. The van der Waals surface area contributed by atoms with Gasteiger partial charge in [0.05, 0.1) is 6.54 Å². The summed E-state index contributed by atoms with van der Waals surface area (Å²) in [5, 5.41) is 0. The lowest BCUT2D eigenvalue weighted by Crippen LogP contribution is -2.48. The lowest BCUT2D eigenvalue weighted by Gasteiger charge is -2.33. The van der Waals surface area contributed by atoms with E-state index in [-0.39, 0.29) is 5.91 Å². The number of piperazine rings is 1. The Balaban J connectivity index is 2.04. The summed E-state index contributed by atoms with van der Waals surface area (Å²) in [6.45, 7) is 5.09. The molecule has 1 aromatic carbocycles. The fourth-order valence-corrected chi connectivity index (χ4v) is 2.41. The van der Waals surface area contributed by atoms with Crippen LogP contribution in [0.2, 0.25) is 0 Å². The molecule has 4 heteroatoms. The third kappa shape index (κ3) is 3.26. The predicted octanol–water partition coefficient (Wildman–Crippen LogP) is 1.42. The number of hydrogen-bond donors (Lipinski definition) is 1. The Morgan fingerprint density at radius 3 is 2.53 bits per heavy atom. The topological polar surface area (TPSA) is 49.6 Å². The summed E-state index contributed by atoms with van der Waals surface area (Å²) < 4.78 is 0. The highest BCUT2D eigenvalue weighted by Gasteiger charge is 2.21. The fourth-order valence-electron chi connectivity index (χ4n) is 2.41. The SMILES string of the molecule is CC(CCN)c1ccc(N2CCN(C)C(=O)C2)cc1. The molecule has 19 heavy (non-hydrogen) atoms. The molecule has 1 unspecified atom stereocenters. The third-order valence-electron chi connectivity index (χ3n) is 3.88. The molecule has 1 aliphatic rings. The molecule has 1 atom stereocenters. The van der Waals surface area contributed by atoms with Gasteiger partial charge in [0.25, 0.3) is 0 Å². The van der Waals surface area contributed by atoms with Crippen molar-refractivity contribution in [3.63, 3.8) is 0 Å². The zero-order valence-electron chi connectivity index (χ0n) is 11.8. The van der Waals surface area contributed by atoms with Gasteiger partial charge >= 0.3 is 0 Å². The number of likely N-dealkylation sites (N-methyl/N-ethyl adjacent to an activating group) is 1. The summed E-state index contributed by atoms with van der Waals surface area (Å²) in [4.78, 5) is 15.6. The van der Waals surface area contributed by atoms with Crippen molar-refractivity contribution < 1.29 is 4.79 Å². The van der Waals surface area contributed by atoms with Gasteiger partial charge < -0.3 is 15.5 Å². The number of benzene rings is 1. The summed E-state index contributed by atoms with van der Waals surface area (Å²) in [6, 6.07) is 8.53. The molecule has 2 rings (SSSR count). The van der Waals surface area contributed by atoms with Gasteiger partial charge in [-0.15, -0.1) is 0 Å². The standard InChI is InChI=1S/C15H23N3O/c1-12(7-8-16)13-3-5-14(6-4-13)18-10-9-17(2)15(19)11-18/h3-6,12H,7-11,16H2,1-2H3. The first-order valence-corrected chi connectivity index (χ1v) is 6.90. The van der Waals surface area contributed by atoms with Crippen molar-refractivity contribution in [3.05, 3.63) is 29.8 Å². The average Bonchev–Trinajstić information content (AvgIpc) is 2.42. The molecule has 0 aliphatic carbocycles. The Labute approximate surface area is 115 Å². The molecule has 1 heterocycles. The quantitative estimate of drug-likeness (QED) is 0.891. The van der Waals surface area contributed by atoms with E-state index in [1.165, 1.54) is 5.56 Å². The number of nitrogens with two attached hydrogens (primary N) is 1. The van der Waals surface area contributed by atoms with Gasteiger partial charge in [0.2, 0.25) is 5.91 Å². The zero-order chi connectivity index (χ0) is 13.8. The van der Waals surface area contributed by atoms with Crippen molar-refractivity contribution >= 4 is 11.6 Å². The second kappa shape index (κ2) is 6.06. The Morgan fingerprint density at radius 1 is 1.26 bits per heavy atom. The van der Waals surface area contributed by atoms with E-state index < -0.39 is 0 Å². The van der Waals surface area contributed by atoms with Gasteiger partial charge in [0, 0.05) is 25.8 Å². The number of rotatable bonds is 4. The maximum Gasteiger partial charge on any atom is 0.241 e. The number of nitrogens with zero attached hydrogens (tertiary/aromatic N) is 2. The van der Waals surface area contributed by atoms with E-state index in [4.69, 9.17) is 5.73 Å². The van der Waals surface area contributed by atoms with E-state index in [2.05, 4.69) is 36.1 Å². The molecular weight excluding hydrogens is 238 g/mol. The number of carbonyl (C=O) groups is 1. The van der Waals surface area contributed by atoms with Gasteiger partial charge in [0.15, 0.2) is 0 Å². The van der Waals surface area contributed by atoms with E-state index >= 15 is 0 Å². The van der Waals surface area contributed by atoms with Gasteiger partial charge in [-0.1, -0.05) is 19.1 Å². The van der Waals surface area contributed by atoms with Crippen LogP contribution in [0.15, 0.2) is 24.3 Å². The molecule has 1 aromatic rings. The van der Waals surface area contributed by atoms with Crippen LogP contribution in [0.4, 0.5) is 5.69 Å². The summed E-state index contributed by atoms with van der Waals surface area (Å²) in [6.07, 6.45) is 1.01. The second-order valence-electron chi connectivity index (χ2n) is 5.31. The van der Waals surface area contributed by atoms with Crippen molar-refractivity contribution in [2.45, 2.75) is 19.3 Å². The largest absolute Gasteiger partial charge is 0.360 e. The van der Waals surface area contributed by atoms with Crippen molar-refractivity contribution in [1.82, 2.24) is 4.90 Å². The second-order valence-corrected chi connectivity index (χ2v) is 5.31. The number of carbonyl (C=O) groups excluding carboxylic acids is 1. The maximum absolute atomic E-state index is 11.7. The first-order valence-electron chi connectivity index (χ1n) is 6.90. The minimum Gasteiger partial charge on any atom is -0.360 e. The van der Waals surface area contributed by atoms with Crippen molar-refractivity contribution in [2.75, 3.05) is 38.1 Å². The minimum atomic E-state index is 0.187. The van der Waals surface area contributed by atoms with Crippen LogP contribution in [-0.4, -0.2) is 44.0 Å². The van der Waals surface area contributed by atoms with E-state index in [1.54, 1.807) is 4.90 Å². The highest BCUT2D eigenvalue weighted by molar-refractivity contribution is 5.82. The minimum absolute atomic E-state index is 0.187. The van der Waals surface area contributed by atoms with Crippen LogP contribution in [0, 0.1) is 0 Å². The molecule has 0 bridgehead atoms. The molecule has 0 spiro atoms. The highest BCUT2D eigenvalue weighted by atomic mass is 16.2. The number of amides is 1. The van der Waals surface area contributed by atoms with Crippen LogP contribution in [-0.2, 0) is 4.79 Å². The Morgan fingerprint density at radius 2 is 1.95 bits per heavy atom. The van der Waals surface area contributed by atoms with E-state index in [0.717, 1.165) is 31.7 Å². The van der Waals surface area contributed by atoms with E-state index in [1.807, 2.05) is 7.05 Å². The highest BCUT2D eigenvalue weighted by Crippen LogP contribution is 2.23. The lowest BCUT2D eigenvalue weighted by molar-refractivity contribution is -0.129. The average molecular weight is 261 g/mol. The van der Waals surface area contributed by atoms with Crippen LogP contribution in [0.5, 0.6) is 0 Å². The number of anilines is 1. The summed E-state index contributed by atoms with van der Waals surface area (Å²) in [5.74, 6) is 0.681. The van der Waals surface area contributed by atoms with Crippen LogP contribution >= 0.6 is 0 Å². The zero-order valence-corrected chi connectivity index (χ0v) is 11.8. The van der Waals surface area contributed by atoms with Gasteiger partial charge in [-0.3, -0.25) is 4.79 Å². The molecule has 1 saturated heterocycles. The first-order chi connectivity index (χ1) is 9.11. The molecule has 1 aliphatic heterocycles. The number of hydrogen-bond acceptors (Lipinski definition) is 3. The van der Waals surface area contributed by atoms with Crippen molar-refractivity contribution in [2.24, 2.45) is 5.73 Å². The van der Waals surface area contributed by atoms with Crippen LogP contribution in [0.3, 0.4) is 0 Å². The lowest BCUT2D eigenvalue weighted by atomic mass is 9.97. The summed E-state index contributed by atoms with van der Waals surface area (Å²) >= 11 is 0. The van der Waals surface area contributed by atoms with Gasteiger partial charge in [-0.25, -0.2) is 0 Å². The summed E-state index contributed by atoms with van der Waals surface area (Å²) in [5.41, 5.74) is 8.04. The Hall–Kier alpha value is -1.55. The molecule has 0 aromatic heterocycles. The van der Waals surface area contributed by atoms with Crippen LogP contribution in [0.25, 0.3) is 0 Å². The van der Waals surface area contributed by atoms with Crippen molar-refractivity contribution in [3.8, 4) is 0 Å². The van der Waals surface area contributed by atoms with Crippen LogP contribution < -0.4 is 10.6 Å². The molecule has 0 radical (unpaired) electrons. The van der Waals surface area contributed by atoms with E-state index in [9.17, 15) is 4.79 Å². The van der Waals surface area contributed by atoms with Gasteiger partial charge in [0.1, 0.15) is 0 Å². The molecule has 104 valence electrons.